The number of ether oxygens (including phenoxy) is 1. The Kier molecular flexibility index (Phi) is 7.30. The molecule has 34 heavy (non-hydrogen) atoms. The van der Waals surface area contributed by atoms with Gasteiger partial charge in [-0.15, -0.1) is 11.3 Å². The standard InChI is InChI=1S/C26H27N3O3S2/c1-18-16-33-26(28-18)34-17-21-20-9-5-6-10-23(20)32-24(21)25(30)27-15-22(19-7-3-2-4-8-19)29-11-13-31-14-12-29/h2-10,16,22H,11-15,17H2,1H3,(H,27,30). The SMILES string of the molecule is Cc1csc(SCc2c(C(=O)NCC(c3ccccc3)N3CCOCC3)oc3ccccc23)n1. The Labute approximate surface area is 207 Å². The fraction of sp³-hybridized carbons (Fsp3) is 0.308. The summed E-state index contributed by atoms with van der Waals surface area (Å²) in [5.74, 6) is 0.824. The number of thiazole rings is 1. The number of nitrogens with one attached hydrogen (secondary N) is 1. The van der Waals surface area contributed by atoms with Crippen LogP contribution < -0.4 is 5.32 Å². The number of fused-ring (bicyclic) bond motifs is 1. The molecule has 1 N–H and O–H groups in total. The summed E-state index contributed by atoms with van der Waals surface area (Å²) in [6.07, 6.45) is 0. The van der Waals surface area contributed by atoms with Gasteiger partial charge in [0.15, 0.2) is 5.76 Å². The first kappa shape index (κ1) is 23.1. The minimum Gasteiger partial charge on any atom is -0.451 e. The maximum atomic E-state index is 13.4. The number of aromatic nitrogens is 1. The van der Waals surface area contributed by atoms with Crippen molar-refractivity contribution < 1.29 is 13.9 Å². The van der Waals surface area contributed by atoms with Crippen molar-refractivity contribution in [2.45, 2.75) is 23.1 Å². The number of benzene rings is 2. The largest absolute Gasteiger partial charge is 0.451 e. The van der Waals surface area contributed by atoms with Crippen LogP contribution in [0.4, 0.5) is 0 Å². The van der Waals surface area contributed by atoms with E-state index < -0.39 is 0 Å². The summed E-state index contributed by atoms with van der Waals surface area (Å²) in [6.45, 7) is 5.59. The van der Waals surface area contributed by atoms with E-state index in [0.29, 0.717) is 31.3 Å². The first-order valence-corrected chi connectivity index (χ1v) is 13.3. The summed E-state index contributed by atoms with van der Waals surface area (Å²) in [5, 5.41) is 6.17. The highest BCUT2D eigenvalue weighted by atomic mass is 32.2. The molecule has 0 aliphatic carbocycles. The lowest BCUT2D eigenvalue weighted by molar-refractivity contribution is 0.0161. The number of thioether (sulfide) groups is 1. The molecule has 0 saturated carbocycles. The summed E-state index contributed by atoms with van der Waals surface area (Å²) in [5.41, 5.74) is 3.83. The number of carbonyl (C=O) groups excluding carboxylic acids is 1. The van der Waals surface area contributed by atoms with Crippen LogP contribution in [0.25, 0.3) is 11.0 Å². The highest BCUT2D eigenvalue weighted by molar-refractivity contribution is 8.00. The Morgan fingerprint density at radius 3 is 2.68 bits per heavy atom. The predicted molar refractivity (Wildman–Crippen MR) is 137 cm³/mol. The Morgan fingerprint density at radius 1 is 1.15 bits per heavy atom. The van der Waals surface area contributed by atoms with Crippen molar-refractivity contribution in [1.82, 2.24) is 15.2 Å². The molecule has 1 fully saturated rings. The third-order valence-electron chi connectivity index (χ3n) is 5.97. The molecule has 0 radical (unpaired) electrons. The summed E-state index contributed by atoms with van der Waals surface area (Å²) >= 11 is 3.26. The highest BCUT2D eigenvalue weighted by Crippen LogP contribution is 2.33. The third-order valence-corrected chi connectivity index (χ3v) is 8.13. The Bertz CT molecular complexity index is 1250. The van der Waals surface area contributed by atoms with Crippen molar-refractivity contribution in [3.63, 3.8) is 0 Å². The molecule has 5 rings (SSSR count). The molecule has 176 valence electrons. The topological polar surface area (TPSA) is 67.6 Å². The zero-order valence-electron chi connectivity index (χ0n) is 19.0. The van der Waals surface area contributed by atoms with Crippen molar-refractivity contribution in [3.8, 4) is 0 Å². The van der Waals surface area contributed by atoms with Crippen LogP contribution >= 0.6 is 23.1 Å². The van der Waals surface area contributed by atoms with E-state index in [4.69, 9.17) is 9.15 Å². The Balaban J connectivity index is 1.36. The Hall–Kier alpha value is -2.65. The van der Waals surface area contributed by atoms with E-state index in [1.807, 2.05) is 54.8 Å². The number of carbonyl (C=O) groups is 1. The molecule has 1 saturated heterocycles. The number of morpholine rings is 1. The molecule has 1 aliphatic heterocycles. The van der Waals surface area contributed by atoms with Gasteiger partial charge in [-0.3, -0.25) is 9.69 Å². The van der Waals surface area contributed by atoms with E-state index in [1.165, 1.54) is 5.56 Å². The van der Waals surface area contributed by atoms with Crippen LogP contribution in [0.5, 0.6) is 0 Å². The number of hydrogen-bond donors (Lipinski definition) is 1. The number of nitrogens with zero attached hydrogens (tertiary/aromatic N) is 2. The third kappa shape index (κ3) is 5.20. The summed E-state index contributed by atoms with van der Waals surface area (Å²) in [7, 11) is 0. The lowest BCUT2D eigenvalue weighted by atomic mass is 10.0. The first-order chi connectivity index (χ1) is 16.7. The van der Waals surface area contributed by atoms with Crippen LogP contribution in [-0.2, 0) is 10.5 Å². The summed E-state index contributed by atoms with van der Waals surface area (Å²) < 4.78 is 12.6. The van der Waals surface area contributed by atoms with Crippen molar-refractivity contribution in [2.24, 2.45) is 0 Å². The lowest BCUT2D eigenvalue weighted by Gasteiger charge is -2.34. The van der Waals surface area contributed by atoms with Gasteiger partial charge in [-0.2, -0.15) is 0 Å². The van der Waals surface area contributed by atoms with Gasteiger partial charge in [0.1, 0.15) is 9.92 Å². The minimum absolute atomic E-state index is 0.0783. The average Bonchev–Trinajstić information content (AvgIpc) is 3.47. The van der Waals surface area contributed by atoms with Gasteiger partial charge in [0.2, 0.25) is 0 Å². The van der Waals surface area contributed by atoms with Crippen LogP contribution in [-0.4, -0.2) is 48.6 Å². The normalized spacial score (nSPS) is 15.4. The summed E-state index contributed by atoms with van der Waals surface area (Å²) in [4.78, 5) is 20.3. The molecule has 2 aromatic heterocycles. The molecular formula is C26H27N3O3S2. The molecule has 0 bridgehead atoms. The quantitative estimate of drug-likeness (QED) is 0.336. The second-order valence-corrected chi connectivity index (χ2v) is 10.3. The van der Waals surface area contributed by atoms with Gasteiger partial charge in [0.25, 0.3) is 5.91 Å². The van der Waals surface area contributed by atoms with E-state index in [0.717, 1.165) is 39.7 Å². The van der Waals surface area contributed by atoms with E-state index in [2.05, 4.69) is 27.3 Å². The van der Waals surface area contributed by atoms with Crippen LogP contribution in [0.3, 0.4) is 0 Å². The van der Waals surface area contributed by atoms with Crippen LogP contribution in [0.15, 0.2) is 68.7 Å². The van der Waals surface area contributed by atoms with E-state index >= 15 is 0 Å². The summed E-state index contributed by atoms with van der Waals surface area (Å²) in [6, 6.07) is 18.2. The van der Waals surface area contributed by atoms with Gasteiger partial charge in [-0.1, -0.05) is 60.3 Å². The van der Waals surface area contributed by atoms with Crippen molar-refractivity contribution >= 4 is 40.0 Å². The molecular weight excluding hydrogens is 466 g/mol. The fourth-order valence-corrected chi connectivity index (χ4v) is 6.13. The number of furan rings is 1. The second-order valence-electron chi connectivity index (χ2n) is 8.23. The van der Waals surface area contributed by atoms with Crippen LogP contribution in [0.1, 0.15) is 33.4 Å². The number of aryl methyl sites for hydroxylation is 1. The molecule has 1 atom stereocenters. The Morgan fingerprint density at radius 2 is 1.91 bits per heavy atom. The molecule has 0 spiro atoms. The monoisotopic (exact) mass is 493 g/mol. The fourth-order valence-electron chi connectivity index (χ4n) is 4.25. The van der Waals surface area contributed by atoms with Gasteiger partial charge < -0.3 is 14.5 Å². The number of amides is 1. The zero-order chi connectivity index (χ0) is 23.3. The van der Waals surface area contributed by atoms with Gasteiger partial charge in [0, 0.05) is 47.4 Å². The number of para-hydroxylation sites is 1. The van der Waals surface area contributed by atoms with E-state index in [-0.39, 0.29) is 11.9 Å². The van der Waals surface area contributed by atoms with Gasteiger partial charge in [-0.05, 0) is 18.6 Å². The van der Waals surface area contributed by atoms with Gasteiger partial charge in [-0.25, -0.2) is 4.98 Å². The van der Waals surface area contributed by atoms with Gasteiger partial charge in [0.05, 0.1) is 19.3 Å². The molecule has 6 nitrogen and oxygen atoms in total. The van der Waals surface area contributed by atoms with Gasteiger partial charge >= 0.3 is 0 Å². The average molecular weight is 494 g/mol. The zero-order valence-corrected chi connectivity index (χ0v) is 20.7. The molecule has 1 amide bonds. The number of hydrogen-bond acceptors (Lipinski definition) is 7. The number of rotatable bonds is 8. The minimum atomic E-state index is -0.184. The second kappa shape index (κ2) is 10.7. The maximum Gasteiger partial charge on any atom is 0.287 e. The van der Waals surface area contributed by atoms with Crippen LogP contribution in [0.2, 0.25) is 0 Å². The van der Waals surface area contributed by atoms with E-state index in [1.54, 1.807) is 23.1 Å². The smallest absolute Gasteiger partial charge is 0.287 e. The molecule has 1 unspecified atom stereocenters. The first-order valence-electron chi connectivity index (χ1n) is 11.4. The highest BCUT2D eigenvalue weighted by Gasteiger charge is 2.26. The molecule has 2 aromatic carbocycles. The molecule has 3 heterocycles. The maximum absolute atomic E-state index is 13.4. The van der Waals surface area contributed by atoms with Crippen LogP contribution in [0, 0.1) is 6.92 Å². The molecule has 4 aromatic rings. The van der Waals surface area contributed by atoms with Crippen molar-refractivity contribution in [1.29, 1.82) is 0 Å². The lowest BCUT2D eigenvalue weighted by Crippen LogP contribution is -2.43. The van der Waals surface area contributed by atoms with Crippen molar-refractivity contribution in [2.75, 3.05) is 32.8 Å². The molecule has 1 aliphatic rings. The predicted octanol–water partition coefficient (Wildman–Crippen LogP) is 5.29. The van der Waals surface area contributed by atoms with Crippen molar-refractivity contribution in [3.05, 3.63) is 82.6 Å². The van der Waals surface area contributed by atoms with E-state index in [9.17, 15) is 4.79 Å². The molecule has 8 heteroatoms.